The molecule has 1 unspecified atom stereocenters. The van der Waals surface area contributed by atoms with Crippen molar-refractivity contribution in [2.24, 2.45) is 5.92 Å². The van der Waals surface area contributed by atoms with Gasteiger partial charge in [0.2, 0.25) is 0 Å². The lowest BCUT2D eigenvalue weighted by atomic mass is 10.2. The third-order valence-electron chi connectivity index (χ3n) is 3.31. The fraction of sp³-hybridized carbons (Fsp3) is 0.400. The van der Waals surface area contributed by atoms with Gasteiger partial charge in [0, 0.05) is 25.3 Å². The number of hydrogen-bond donors (Lipinski definition) is 2. The summed E-state index contributed by atoms with van der Waals surface area (Å²) in [5.41, 5.74) is 2.58. The van der Waals surface area contributed by atoms with Crippen molar-refractivity contribution < 1.29 is 5.11 Å². The number of hydrogen-bond acceptors (Lipinski definition) is 3. The molecule has 0 radical (unpaired) electrons. The summed E-state index contributed by atoms with van der Waals surface area (Å²) in [6.45, 7) is 5.40. The summed E-state index contributed by atoms with van der Waals surface area (Å²) < 4.78 is 1.66. The number of para-hydroxylation sites is 1. The largest absolute Gasteiger partial charge is 0.396 e. The van der Waals surface area contributed by atoms with Crippen LogP contribution in [0, 0.1) is 12.8 Å². The lowest BCUT2D eigenvalue weighted by molar-refractivity contribution is 0.233. The average Bonchev–Trinajstić information content (AvgIpc) is 2.75. The third kappa shape index (κ3) is 3.77. The summed E-state index contributed by atoms with van der Waals surface area (Å²) in [7, 11) is 0. The summed E-state index contributed by atoms with van der Waals surface area (Å²) >= 11 is 12.6. The van der Waals surface area contributed by atoms with Crippen LogP contribution in [0.4, 0.5) is 0 Å². The summed E-state index contributed by atoms with van der Waals surface area (Å²) in [5.74, 6) is 0.211. The quantitative estimate of drug-likeness (QED) is 0.856. The molecule has 1 atom stereocenters. The minimum absolute atomic E-state index is 0.165. The molecule has 0 saturated heterocycles. The van der Waals surface area contributed by atoms with Gasteiger partial charge in [0.15, 0.2) is 0 Å². The molecule has 2 N–H and O–H groups in total. The van der Waals surface area contributed by atoms with E-state index in [4.69, 9.17) is 28.3 Å². The van der Waals surface area contributed by atoms with Gasteiger partial charge in [-0.3, -0.25) is 0 Å². The van der Waals surface area contributed by atoms with Crippen molar-refractivity contribution in [3.8, 4) is 5.69 Å². The van der Waals surface area contributed by atoms with Gasteiger partial charge in [-0.15, -0.1) is 0 Å². The normalized spacial score (nSPS) is 12.6. The molecule has 2 rings (SSSR count). The Hall–Kier alpha value is -1.07. The molecule has 2 aromatic rings. The number of aryl methyl sites for hydroxylation is 1. The first kappa shape index (κ1) is 16.3. The first-order chi connectivity index (χ1) is 10.0. The summed E-state index contributed by atoms with van der Waals surface area (Å²) in [6, 6.07) is 7.46. The average molecular weight is 328 g/mol. The molecular formula is C15H19Cl2N3O. The predicted molar refractivity (Wildman–Crippen MR) is 86.3 cm³/mol. The topological polar surface area (TPSA) is 50.1 Å². The first-order valence-corrected chi connectivity index (χ1v) is 7.60. The van der Waals surface area contributed by atoms with Crippen LogP contribution < -0.4 is 5.32 Å². The second-order valence-electron chi connectivity index (χ2n) is 5.14. The van der Waals surface area contributed by atoms with Gasteiger partial charge < -0.3 is 10.4 Å². The van der Waals surface area contributed by atoms with Crippen LogP contribution in [0.15, 0.2) is 24.3 Å². The number of nitrogens with zero attached hydrogens (tertiary/aromatic N) is 2. The molecule has 6 heteroatoms. The van der Waals surface area contributed by atoms with Crippen molar-refractivity contribution in [3.05, 3.63) is 45.7 Å². The standard InChI is InChI=1S/C15H19Cl2N3O/c1-10(9-21)7-18-8-12-11(2)19-20(15(12)17)14-6-4-3-5-13(14)16/h3-6,10,18,21H,7-9H2,1-2H3. The molecule has 0 spiro atoms. The van der Waals surface area contributed by atoms with Crippen LogP contribution in [0.3, 0.4) is 0 Å². The van der Waals surface area contributed by atoms with Crippen molar-refractivity contribution >= 4 is 23.2 Å². The smallest absolute Gasteiger partial charge is 0.137 e. The van der Waals surface area contributed by atoms with E-state index in [0.29, 0.717) is 16.7 Å². The number of halogens is 2. The summed E-state index contributed by atoms with van der Waals surface area (Å²) in [6.07, 6.45) is 0. The van der Waals surface area contributed by atoms with Crippen molar-refractivity contribution in [2.45, 2.75) is 20.4 Å². The van der Waals surface area contributed by atoms with Crippen LogP contribution in [0.2, 0.25) is 10.2 Å². The number of rotatable bonds is 6. The minimum Gasteiger partial charge on any atom is -0.396 e. The Bertz CT molecular complexity index is 613. The predicted octanol–water partition coefficient (Wildman–Crippen LogP) is 3.21. The van der Waals surface area contributed by atoms with Crippen LogP contribution in [-0.2, 0) is 6.54 Å². The van der Waals surface area contributed by atoms with Crippen LogP contribution >= 0.6 is 23.2 Å². The van der Waals surface area contributed by atoms with E-state index in [-0.39, 0.29) is 12.5 Å². The SMILES string of the molecule is Cc1nn(-c2ccccc2Cl)c(Cl)c1CNCC(C)CO. The molecule has 4 nitrogen and oxygen atoms in total. The van der Waals surface area contributed by atoms with Crippen molar-refractivity contribution in [3.63, 3.8) is 0 Å². The Balaban J connectivity index is 2.20. The highest BCUT2D eigenvalue weighted by molar-refractivity contribution is 6.33. The van der Waals surface area contributed by atoms with Gasteiger partial charge in [0.25, 0.3) is 0 Å². The summed E-state index contributed by atoms with van der Waals surface area (Å²) in [4.78, 5) is 0. The third-order valence-corrected chi connectivity index (χ3v) is 4.02. The van der Waals surface area contributed by atoms with Crippen molar-refractivity contribution in [2.75, 3.05) is 13.2 Å². The molecule has 0 amide bonds. The number of aromatic nitrogens is 2. The number of benzene rings is 1. The Morgan fingerprint density at radius 1 is 1.33 bits per heavy atom. The molecule has 0 aliphatic heterocycles. The van der Waals surface area contributed by atoms with Gasteiger partial charge in [-0.2, -0.15) is 5.10 Å². The van der Waals surface area contributed by atoms with E-state index >= 15 is 0 Å². The van der Waals surface area contributed by atoms with E-state index in [1.54, 1.807) is 4.68 Å². The number of aliphatic hydroxyl groups excluding tert-OH is 1. The van der Waals surface area contributed by atoms with Gasteiger partial charge in [-0.05, 0) is 25.0 Å². The Kier molecular flexibility index (Phi) is 5.65. The molecule has 1 aromatic carbocycles. The zero-order valence-electron chi connectivity index (χ0n) is 12.1. The van der Waals surface area contributed by atoms with Crippen LogP contribution in [0.25, 0.3) is 5.69 Å². The van der Waals surface area contributed by atoms with E-state index in [0.717, 1.165) is 23.5 Å². The van der Waals surface area contributed by atoms with Gasteiger partial charge in [-0.1, -0.05) is 42.3 Å². The highest BCUT2D eigenvalue weighted by atomic mass is 35.5. The first-order valence-electron chi connectivity index (χ1n) is 6.85. The maximum Gasteiger partial charge on any atom is 0.137 e. The Morgan fingerprint density at radius 2 is 2.05 bits per heavy atom. The highest BCUT2D eigenvalue weighted by Crippen LogP contribution is 2.27. The van der Waals surface area contributed by atoms with Crippen LogP contribution in [0.5, 0.6) is 0 Å². The minimum atomic E-state index is 0.165. The lowest BCUT2D eigenvalue weighted by Gasteiger charge is -2.09. The molecule has 0 aliphatic rings. The molecular weight excluding hydrogens is 309 g/mol. The second kappa shape index (κ2) is 7.27. The van der Waals surface area contributed by atoms with Crippen LogP contribution in [-0.4, -0.2) is 28.0 Å². The zero-order chi connectivity index (χ0) is 15.4. The fourth-order valence-electron chi connectivity index (χ4n) is 2.02. The Morgan fingerprint density at radius 3 is 2.71 bits per heavy atom. The number of nitrogens with one attached hydrogen (secondary N) is 1. The zero-order valence-corrected chi connectivity index (χ0v) is 13.6. The Labute approximate surface area is 134 Å². The van der Waals surface area contributed by atoms with Gasteiger partial charge in [-0.25, -0.2) is 4.68 Å². The molecule has 114 valence electrons. The highest BCUT2D eigenvalue weighted by Gasteiger charge is 2.16. The van der Waals surface area contributed by atoms with Gasteiger partial charge >= 0.3 is 0 Å². The molecule has 21 heavy (non-hydrogen) atoms. The van der Waals surface area contributed by atoms with Gasteiger partial charge in [0.1, 0.15) is 5.15 Å². The fourth-order valence-corrected chi connectivity index (χ4v) is 2.57. The molecule has 1 heterocycles. The maximum atomic E-state index is 9.03. The van der Waals surface area contributed by atoms with E-state index in [2.05, 4.69) is 10.4 Å². The van der Waals surface area contributed by atoms with E-state index in [9.17, 15) is 0 Å². The van der Waals surface area contributed by atoms with E-state index in [1.165, 1.54) is 0 Å². The monoisotopic (exact) mass is 327 g/mol. The summed E-state index contributed by atoms with van der Waals surface area (Å²) in [5, 5.41) is 17.9. The number of aliphatic hydroxyl groups is 1. The molecule has 0 saturated carbocycles. The van der Waals surface area contributed by atoms with E-state index in [1.807, 2.05) is 38.1 Å². The van der Waals surface area contributed by atoms with Crippen molar-refractivity contribution in [1.29, 1.82) is 0 Å². The van der Waals surface area contributed by atoms with Crippen LogP contribution in [0.1, 0.15) is 18.2 Å². The molecule has 0 bridgehead atoms. The molecule has 0 fully saturated rings. The van der Waals surface area contributed by atoms with E-state index < -0.39 is 0 Å². The van der Waals surface area contributed by atoms with Crippen molar-refractivity contribution in [1.82, 2.24) is 15.1 Å². The molecule has 1 aromatic heterocycles. The second-order valence-corrected chi connectivity index (χ2v) is 5.90. The molecule has 0 aliphatic carbocycles. The lowest BCUT2D eigenvalue weighted by Crippen LogP contribution is -2.23. The maximum absolute atomic E-state index is 9.03. The van der Waals surface area contributed by atoms with Gasteiger partial charge in [0.05, 0.1) is 16.4 Å².